The molecule has 1 aromatic carbocycles. The molecule has 0 atom stereocenters. The largest absolute Gasteiger partial charge is 0.495 e. The Labute approximate surface area is 172 Å². The van der Waals surface area contributed by atoms with Crippen molar-refractivity contribution in [1.82, 2.24) is 13.9 Å². The van der Waals surface area contributed by atoms with Gasteiger partial charge in [-0.2, -0.15) is 4.31 Å². The zero-order valence-electron chi connectivity index (χ0n) is 15.9. The van der Waals surface area contributed by atoms with E-state index in [0.717, 1.165) is 24.4 Å². The quantitative estimate of drug-likeness (QED) is 0.645. The Bertz CT molecular complexity index is 1010. The Morgan fingerprint density at radius 3 is 2.66 bits per heavy atom. The molecule has 3 rings (SSSR count). The molecule has 156 valence electrons. The highest BCUT2D eigenvalue weighted by atomic mass is 32.2. The molecule has 1 amide bonds. The predicted octanol–water partition coefficient (Wildman–Crippen LogP) is 1.76. The van der Waals surface area contributed by atoms with E-state index in [1.165, 1.54) is 29.6 Å². The van der Waals surface area contributed by atoms with Gasteiger partial charge in [0.2, 0.25) is 15.7 Å². The highest BCUT2D eigenvalue weighted by molar-refractivity contribution is 7.89. The highest BCUT2D eigenvalue weighted by Gasteiger charge is 2.31. The molecule has 12 heteroatoms. The number of methoxy groups -OCH3 is 1. The van der Waals surface area contributed by atoms with Gasteiger partial charge in [-0.25, -0.2) is 13.2 Å². The normalized spacial score (nSPS) is 14.6. The van der Waals surface area contributed by atoms with Crippen molar-refractivity contribution in [2.24, 2.45) is 0 Å². The van der Waals surface area contributed by atoms with E-state index >= 15 is 0 Å². The smallest absolute Gasteiger partial charge is 0.362 e. The minimum absolute atomic E-state index is 0.0809. The van der Waals surface area contributed by atoms with E-state index in [4.69, 9.17) is 9.47 Å². The Kier molecular flexibility index (Phi) is 6.45. The molecule has 2 heterocycles. The third kappa shape index (κ3) is 4.38. The number of hydrogen-bond donors (Lipinski definition) is 1. The number of nitrogens with one attached hydrogen (secondary N) is 1. The van der Waals surface area contributed by atoms with Crippen LogP contribution in [0.15, 0.2) is 23.1 Å². The molecular weight excluding hydrogens is 420 g/mol. The van der Waals surface area contributed by atoms with Gasteiger partial charge in [0.1, 0.15) is 10.6 Å². The van der Waals surface area contributed by atoms with Crippen molar-refractivity contribution in [2.75, 3.05) is 32.1 Å². The van der Waals surface area contributed by atoms with E-state index in [-0.39, 0.29) is 33.5 Å². The van der Waals surface area contributed by atoms with E-state index in [0.29, 0.717) is 13.1 Å². The summed E-state index contributed by atoms with van der Waals surface area (Å²) in [6.07, 6.45) is 1.58. The average Bonchev–Trinajstić information content (AvgIpc) is 3.40. The van der Waals surface area contributed by atoms with Gasteiger partial charge < -0.3 is 14.8 Å². The fraction of sp³-hybridized carbons (Fsp3) is 0.412. The number of sulfonamides is 1. The van der Waals surface area contributed by atoms with E-state index in [9.17, 15) is 18.0 Å². The maximum atomic E-state index is 13.0. The van der Waals surface area contributed by atoms with Crippen LogP contribution in [-0.4, -0.2) is 61.0 Å². The fourth-order valence-electron chi connectivity index (χ4n) is 2.87. The molecule has 0 bridgehead atoms. The van der Waals surface area contributed by atoms with Crippen molar-refractivity contribution in [3.8, 4) is 5.75 Å². The number of anilines is 1. The lowest BCUT2D eigenvalue weighted by atomic mass is 10.2. The van der Waals surface area contributed by atoms with Gasteiger partial charge in [0.25, 0.3) is 5.91 Å². The average molecular weight is 441 g/mol. The zero-order valence-corrected chi connectivity index (χ0v) is 17.5. The number of esters is 1. The number of rotatable bonds is 7. The molecule has 0 spiro atoms. The summed E-state index contributed by atoms with van der Waals surface area (Å²) in [4.78, 5) is 24.5. The highest BCUT2D eigenvalue weighted by Crippen LogP contribution is 2.30. The van der Waals surface area contributed by atoms with Crippen molar-refractivity contribution >= 4 is 38.4 Å². The second kappa shape index (κ2) is 8.84. The number of carbonyl (C=O) groups excluding carboxylic acids is 2. The van der Waals surface area contributed by atoms with Crippen LogP contribution in [0.25, 0.3) is 0 Å². The van der Waals surface area contributed by atoms with Crippen molar-refractivity contribution in [3.63, 3.8) is 0 Å². The van der Waals surface area contributed by atoms with Crippen LogP contribution in [0.5, 0.6) is 5.75 Å². The van der Waals surface area contributed by atoms with Gasteiger partial charge in [0.05, 0.1) is 13.7 Å². The Balaban J connectivity index is 1.89. The van der Waals surface area contributed by atoms with Gasteiger partial charge in [-0.05, 0) is 38.0 Å². The molecule has 0 aliphatic carbocycles. The molecule has 0 unspecified atom stereocenters. The molecule has 1 aliphatic heterocycles. The van der Waals surface area contributed by atoms with Crippen LogP contribution in [-0.2, 0) is 14.8 Å². The number of benzene rings is 1. The minimum Gasteiger partial charge on any atom is -0.495 e. The summed E-state index contributed by atoms with van der Waals surface area (Å²) in [7, 11) is -2.43. The van der Waals surface area contributed by atoms with Gasteiger partial charge in [-0.15, -0.1) is 5.10 Å². The summed E-state index contributed by atoms with van der Waals surface area (Å²) in [5.74, 6) is -1.16. The van der Waals surface area contributed by atoms with Crippen LogP contribution in [0.1, 0.15) is 40.6 Å². The van der Waals surface area contributed by atoms with Crippen LogP contribution < -0.4 is 10.1 Å². The Morgan fingerprint density at radius 2 is 2.00 bits per heavy atom. The van der Waals surface area contributed by atoms with E-state index in [2.05, 4.69) is 14.9 Å². The van der Waals surface area contributed by atoms with E-state index < -0.39 is 21.9 Å². The summed E-state index contributed by atoms with van der Waals surface area (Å²) in [5, 5.41) is 6.33. The molecule has 10 nitrogen and oxygen atoms in total. The van der Waals surface area contributed by atoms with Gasteiger partial charge in [-0.1, -0.05) is 4.49 Å². The van der Waals surface area contributed by atoms with Crippen LogP contribution in [0.4, 0.5) is 5.00 Å². The van der Waals surface area contributed by atoms with Crippen LogP contribution in [0, 0.1) is 0 Å². The third-order valence-electron chi connectivity index (χ3n) is 4.29. The van der Waals surface area contributed by atoms with Crippen molar-refractivity contribution < 1.29 is 27.5 Å². The SMILES string of the molecule is CCOC(=O)c1nnsc1NC(=O)c1ccc(OC)c(S(=O)(=O)N2CCCC2)c1. The number of nitrogens with zero attached hydrogens (tertiary/aromatic N) is 3. The van der Waals surface area contributed by atoms with Gasteiger partial charge in [0, 0.05) is 30.2 Å². The molecular formula is C17H20N4O6S2. The first-order valence-corrected chi connectivity index (χ1v) is 11.1. The first-order valence-electron chi connectivity index (χ1n) is 8.87. The molecule has 1 aliphatic rings. The molecule has 29 heavy (non-hydrogen) atoms. The summed E-state index contributed by atoms with van der Waals surface area (Å²) >= 11 is 0.819. The number of carbonyl (C=O) groups is 2. The predicted molar refractivity (Wildman–Crippen MR) is 105 cm³/mol. The maximum Gasteiger partial charge on any atom is 0.362 e. The topological polar surface area (TPSA) is 128 Å². The first-order chi connectivity index (χ1) is 13.9. The molecule has 1 N–H and O–H groups in total. The van der Waals surface area contributed by atoms with Crippen molar-refractivity contribution in [2.45, 2.75) is 24.7 Å². The lowest BCUT2D eigenvalue weighted by Crippen LogP contribution is -2.28. The maximum absolute atomic E-state index is 13.0. The number of hydrogen-bond acceptors (Lipinski definition) is 9. The molecule has 1 aromatic heterocycles. The zero-order chi connectivity index (χ0) is 21.0. The number of aromatic nitrogens is 2. The first kappa shape index (κ1) is 21.1. The molecule has 1 fully saturated rings. The van der Waals surface area contributed by atoms with Gasteiger partial charge in [0.15, 0.2) is 5.00 Å². The number of ether oxygens (including phenoxy) is 2. The third-order valence-corrected chi connectivity index (χ3v) is 6.85. The second-order valence-electron chi connectivity index (χ2n) is 6.10. The Morgan fingerprint density at radius 1 is 1.28 bits per heavy atom. The monoisotopic (exact) mass is 440 g/mol. The standard InChI is InChI=1S/C17H20N4O6S2/c1-3-27-17(23)14-16(28-20-19-14)18-15(22)11-6-7-12(26-2)13(10-11)29(24,25)21-8-4-5-9-21/h6-7,10H,3-5,8-9H2,1-2H3,(H,18,22). The summed E-state index contributed by atoms with van der Waals surface area (Å²) < 4.78 is 41.0. The Hall–Kier alpha value is -2.57. The van der Waals surface area contributed by atoms with Gasteiger partial charge >= 0.3 is 5.97 Å². The van der Waals surface area contributed by atoms with Crippen LogP contribution >= 0.6 is 11.5 Å². The van der Waals surface area contributed by atoms with Crippen LogP contribution in [0.3, 0.4) is 0 Å². The van der Waals surface area contributed by atoms with Crippen LogP contribution in [0.2, 0.25) is 0 Å². The van der Waals surface area contributed by atoms with Crippen molar-refractivity contribution in [1.29, 1.82) is 0 Å². The lowest BCUT2D eigenvalue weighted by Gasteiger charge is -2.18. The van der Waals surface area contributed by atoms with Crippen molar-refractivity contribution in [3.05, 3.63) is 29.5 Å². The molecule has 0 saturated carbocycles. The lowest BCUT2D eigenvalue weighted by molar-refractivity contribution is 0.0520. The molecule has 1 saturated heterocycles. The second-order valence-corrected chi connectivity index (χ2v) is 8.76. The minimum atomic E-state index is -3.80. The summed E-state index contributed by atoms with van der Waals surface area (Å²) in [6.45, 7) is 2.66. The van der Waals surface area contributed by atoms with Gasteiger partial charge in [-0.3, -0.25) is 4.79 Å². The van der Waals surface area contributed by atoms with E-state index in [1.807, 2.05) is 0 Å². The molecule has 0 radical (unpaired) electrons. The van der Waals surface area contributed by atoms with E-state index in [1.54, 1.807) is 6.92 Å². The summed E-state index contributed by atoms with van der Waals surface area (Å²) in [6, 6.07) is 4.13. The fourth-order valence-corrected chi connectivity index (χ4v) is 5.12. The number of amides is 1. The molecule has 2 aromatic rings. The summed E-state index contributed by atoms with van der Waals surface area (Å²) in [5.41, 5.74) is -0.0181.